The van der Waals surface area contributed by atoms with E-state index in [-0.39, 0.29) is 0 Å². The van der Waals surface area contributed by atoms with Crippen molar-refractivity contribution in [3.8, 4) is 0 Å². The standard InChI is InChI=1S/C15H16N2O3S/c1-15(16,10-6-3-2-4-7-10)14(20)17-12(13(18)19)11-8-5-9-21-11/h2-9,12H,16H2,1H3,(H,17,20)(H,18,19). The second-order valence-electron chi connectivity index (χ2n) is 4.83. The zero-order valence-electron chi connectivity index (χ0n) is 11.4. The lowest BCUT2D eigenvalue weighted by molar-refractivity contribution is -0.142. The summed E-state index contributed by atoms with van der Waals surface area (Å²) in [5.74, 6) is -1.65. The Labute approximate surface area is 126 Å². The van der Waals surface area contributed by atoms with E-state index >= 15 is 0 Å². The molecule has 6 heteroatoms. The highest BCUT2D eigenvalue weighted by molar-refractivity contribution is 7.10. The molecule has 0 aliphatic heterocycles. The Bertz CT molecular complexity index is 624. The van der Waals surface area contributed by atoms with Gasteiger partial charge in [-0.1, -0.05) is 36.4 Å². The van der Waals surface area contributed by atoms with E-state index in [1.807, 2.05) is 6.07 Å². The van der Waals surface area contributed by atoms with Crippen LogP contribution in [-0.2, 0) is 15.1 Å². The van der Waals surface area contributed by atoms with Gasteiger partial charge in [0.05, 0.1) is 0 Å². The molecule has 1 amide bonds. The minimum Gasteiger partial charge on any atom is -0.479 e. The number of benzene rings is 1. The van der Waals surface area contributed by atoms with Crippen LogP contribution in [0.15, 0.2) is 47.8 Å². The van der Waals surface area contributed by atoms with Crippen LogP contribution < -0.4 is 11.1 Å². The predicted octanol–water partition coefficient (Wildman–Crippen LogP) is 1.86. The Morgan fingerprint density at radius 2 is 1.90 bits per heavy atom. The van der Waals surface area contributed by atoms with E-state index in [9.17, 15) is 14.7 Å². The second-order valence-corrected chi connectivity index (χ2v) is 5.81. The van der Waals surface area contributed by atoms with Crippen LogP contribution in [0.4, 0.5) is 0 Å². The summed E-state index contributed by atoms with van der Waals surface area (Å²) in [6, 6.07) is 11.2. The quantitative estimate of drug-likeness (QED) is 0.786. The molecule has 4 N–H and O–H groups in total. The summed E-state index contributed by atoms with van der Waals surface area (Å²) in [7, 11) is 0. The molecular formula is C15H16N2O3S. The third-order valence-electron chi connectivity index (χ3n) is 3.20. The van der Waals surface area contributed by atoms with Crippen LogP contribution in [0.2, 0.25) is 0 Å². The number of rotatable bonds is 5. The number of hydrogen-bond acceptors (Lipinski definition) is 4. The Morgan fingerprint density at radius 1 is 1.24 bits per heavy atom. The van der Waals surface area contributed by atoms with E-state index in [0.717, 1.165) is 0 Å². The molecule has 5 nitrogen and oxygen atoms in total. The van der Waals surface area contributed by atoms with Gasteiger partial charge in [0.1, 0.15) is 5.54 Å². The second kappa shape index (κ2) is 6.07. The van der Waals surface area contributed by atoms with Crippen LogP contribution in [0.1, 0.15) is 23.4 Å². The molecule has 0 saturated heterocycles. The van der Waals surface area contributed by atoms with Crippen molar-refractivity contribution >= 4 is 23.2 Å². The van der Waals surface area contributed by atoms with Crippen molar-refractivity contribution in [2.75, 3.05) is 0 Å². The van der Waals surface area contributed by atoms with Gasteiger partial charge in [-0.05, 0) is 23.9 Å². The fraction of sp³-hybridized carbons (Fsp3) is 0.200. The number of carboxylic acids is 1. The Kier molecular flexibility index (Phi) is 4.40. The van der Waals surface area contributed by atoms with Crippen molar-refractivity contribution in [1.82, 2.24) is 5.32 Å². The summed E-state index contributed by atoms with van der Waals surface area (Å²) in [6.45, 7) is 1.56. The number of nitrogens with one attached hydrogen (secondary N) is 1. The normalized spacial score (nSPS) is 15.0. The minimum absolute atomic E-state index is 0.533. The van der Waals surface area contributed by atoms with Gasteiger partial charge in [-0.15, -0.1) is 11.3 Å². The molecule has 0 aliphatic carbocycles. The highest BCUT2D eigenvalue weighted by atomic mass is 32.1. The molecule has 0 fully saturated rings. The third-order valence-corrected chi connectivity index (χ3v) is 4.13. The van der Waals surface area contributed by atoms with Gasteiger partial charge in [0, 0.05) is 4.88 Å². The zero-order valence-corrected chi connectivity index (χ0v) is 12.3. The molecule has 110 valence electrons. The van der Waals surface area contributed by atoms with E-state index in [2.05, 4.69) is 5.32 Å². The topological polar surface area (TPSA) is 92.4 Å². The van der Waals surface area contributed by atoms with E-state index < -0.39 is 23.5 Å². The van der Waals surface area contributed by atoms with Gasteiger partial charge in [-0.25, -0.2) is 4.79 Å². The molecule has 2 aromatic rings. The number of hydrogen-bond donors (Lipinski definition) is 3. The summed E-state index contributed by atoms with van der Waals surface area (Å²) in [6.07, 6.45) is 0. The lowest BCUT2D eigenvalue weighted by atomic mass is 9.92. The van der Waals surface area contributed by atoms with Gasteiger partial charge in [0.2, 0.25) is 5.91 Å². The van der Waals surface area contributed by atoms with Gasteiger partial charge < -0.3 is 16.2 Å². The van der Waals surface area contributed by atoms with Crippen molar-refractivity contribution < 1.29 is 14.7 Å². The fourth-order valence-corrected chi connectivity index (χ4v) is 2.67. The lowest BCUT2D eigenvalue weighted by Crippen LogP contribution is -2.51. The van der Waals surface area contributed by atoms with Crippen LogP contribution >= 0.6 is 11.3 Å². The third kappa shape index (κ3) is 3.29. The Morgan fingerprint density at radius 3 is 2.43 bits per heavy atom. The number of amides is 1. The first-order chi connectivity index (χ1) is 9.93. The van der Waals surface area contributed by atoms with Gasteiger partial charge in [0.15, 0.2) is 6.04 Å². The molecule has 0 saturated carbocycles. The SMILES string of the molecule is CC(N)(C(=O)NC(C(=O)O)c1cccs1)c1ccccc1. The van der Waals surface area contributed by atoms with E-state index in [4.69, 9.17) is 5.73 Å². The van der Waals surface area contributed by atoms with Gasteiger partial charge >= 0.3 is 5.97 Å². The number of thiophene rings is 1. The minimum atomic E-state index is -1.30. The molecule has 0 aliphatic rings. The molecule has 2 atom stereocenters. The van der Waals surface area contributed by atoms with E-state index in [0.29, 0.717) is 10.4 Å². The number of carboxylic acid groups (broad SMARTS) is 1. The van der Waals surface area contributed by atoms with Crippen LogP contribution in [0.5, 0.6) is 0 Å². The highest BCUT2D eigenvalue weighted by Crippen LogP contribution is 2.23. The first kappa shape index (κ1) is 15.2. The average molecular weight is 304 g/mol. The van der Waals surface area contributed by atoms with Crippen LogP contribution in [0, 0.1) is 0 Å². The first-order valence-electron chi connectivity index (χ1n) is 6.34. The molecule has 21 heavy (non-hydrogen) atoms. The summed E-state index contributed by atoms with van der Waals surface area (Å²) in [5.41, 5.74) is 5.41. The monoisotopic (exact) mass is 304 g/mol. The average Bonchev–Trinajstić information content (AvgIpc) is 2.98. The number of carbonyl (C=O) groups is 2. The lowest BCUT2D eigenvalue weighted by Gasteiger charge is -2.26. The molecule has 1 aromatic carbocycles. The Balaban J connectivity index is 2.21. The maximum Gasteiger partial charge on any atom is 0.331 e. The molecule has 1 heterocycles. The number of nitrogens with two attached hydrogens (primary N) is 1. The fourth-order valence-electron chi connectivity index (χ4n) is 1.91. The molecular weight excluding hydrogens is 288 g/mol. The van der Waals surface area contributed by atoms with Crippen molar-refractivity contribution in [3.05, 3.63) is 58.3 Å². The van der Waals surface area contributed by atoms with Gasteiger partial charge in [-0.2, -0.15) is 0 Å². The summed E-state index contributed by atoms with van der Waals surface area (Å²) < 4.78 is 0. The smallest absolute Gasteiger partial charge is 0.331 e. The van der Waals surface area contributed by atoms with Crippen molar-refractivity contribution in [3.63, 3.8) is 0 Å². The largest absolute Gasteiger partial charge is 0.479 e. The van der Waals surface area contributed by atoms with Gasteiger partial charge in [0.25, 0.3) is 0 Å². The molecule has 1 aromatic heterocycles. The van der Waals surface area contributed by atoms with Crippen LogP contribution in [-0.4, -0.2) is 17.0 Å². The molecule has 0 radical (unpaired) electrons. The highest BCUT2D eigenvalue weighted by Gasteiger charge is 2.34. The number of aliphatic carboxylic acids is 1. The number of carbonyl (C=O) groups excluding carboxylic acids is 1. The van der Waals surface area contributed by atoms with Gasteiger partial charge in [-0.3, -0.25) is 4.79 Å². The zero-order chi connectivity index (χ0) is 15.5. The molecule has 2 unspecified atom stereocenters. The summed E-state index contributed by atoms with van der Waals surface area (Å²) >= 11 is 1.27. The van der Waals surface area contributed by atoms with Crippen molar-refractivity contribution in [1.29, 1.82) is 0 Å². The van der Waals surface area contributed by atoms with Crippen molar-refractivity contribution in [2.24, 2.45) is 5.73 Å². The molecule has 0 spiro atoms. The first-order valence-corrected chi connectivity index (χ1v) is 7.22. The predicted molar refractivity (Wildman–Crippen MR) is 80.8 cm³/mol. The van der Waals surface area contributed by atoms with Crippen molar-refractivity contribution in [2.45, 2.75) is 18.5 Å². The maximum atomic E-state index is 12.4. The molecule has 2 rings (SSSR count). The maximum absolute atomic E-state index is 12.4. The van der Waals surface area contributed by atoms with Crippen LogP contribution in [0.25, 0.3) is 0 Å². The van der Waals surface area contributed by atoms with E-state index in [1.54, 1.807) is 48.7 Å². The summed E-state index contributed by atoms with van der Waals surface area (Å²) in [5, 5.41) is 13.5. The molecule has 0 bridgehead atoms. The van der Waals surface area contributed by atoms with Crippen LogP contribution in [0.3, 0.4) is 0 Å². The van der Waals surface area contributed by atoms with E-state index in [1.165, 1.54) is 11.3 Å². The Hall–Kier alpha value is -2.18. The summed E-state index contributed by atoms with van der Waals surface area (Å²) in [4.78, 5) is 24.3.